The molecule has 17 heavy (non-hydrogen) atoms. The second kappa shape index (κ2) is 4.82. The number of aryl methyl sites for hydroxylation is 1. The summed E-state index contributed by atoms with van der Waals surface area (Å²) < 4.78 is 6.16. The predicted molar refractivity (Wildman–Crippen MR) is 77.6 cm³/mol. The van der Waals surface area contributed by atoms with Crippen LogP contribution in [-0.2, 0) is 11.0 Å². The Morgan fingerprint density at radius 2 is 1.82 bits per heavy atom. The number of rotatable bonds is 3. The van der Waals surface area contributed by atoms with Crippen LogP contribution in [0.1, 0.15) is 31.9 Å². The number of anilines is 1. The molecule has 0 spiro atoms. The standard InChI is InChI=1S/C14H25NOSi/c1-11-7-8-12(13(15)9-11)10-16-17(5,6)14(2,3)4/h7-9H,10,15H2,1-6H3. The number of hydrogen-bond donors (Lipinski definition) is 1. The quantitative estimate of drug-likeness (QED) is 0.648. The van der Waals surface area contributed by atoms with E-state index >= 15 is 0 Å². The molecule has 3 heteroatoms. The van der Waals surface area contributed by atoms with E-state index in [-0.39, 0.29) is 5.04 Å². The molecule has 0 saturated heterocycles. The summed E-state index contributed by atoms with van der Waals surface area (Å²) in [4.78, 5) is 0. The van der Waals surface area contributed by atoms with Crippen LogP contribution in [0.3, 0.4) is 0 Å². The first-order valence-electron chi connectivity index (χ1n) is 6.12. The smallest absolute Gasteiger partial charge is 0.192 e. The third-order valence-corrected chi connectivity index (χ3v) is 8.17. The Balaban J connectivity index is 2.74. The van der Waals surface area contributed by atoms with Gasteiger partial charge in [-0.2, -0.15) is 0 Å². The molecule has 0 atom stereocenters. The Kier molecular flexibility index (Phi) is 4.05. The second-order valence-corrected chi connectivity index (χ2v) is 11.1. The third-order valence-electron chi connectivity index (χ3n) is 3.70. The third kappa shape index (κ3) is 3.58. The lowest BCUT2D eigenvalue weighted by atomic mass is 10.1. The summed E-state index contributed by atoms with van der Waals surface area (Å²) in [6, 6.07) is 6.16. The van der Waals surface area contributed by atoms with Crippen molar-refractivity contribution in [1.82, 2.24) is 0 Å². The Hall–Kier alpha value is -0.803. The summed E-state index contributed by atoms with van der Waals surface area (Å²) in [5.41, 5.74) is 9.12. The van der Waals surface area contributed by atoms with E-state index in [2.05, 4.69) is 52.9 Å². The van der Waals surface area contributed by atoms with E-state index in [9.17, 15) is 0 Å². The zero-order chi connectivity index (χ0) is 13.3. The van der Waals surface area contributed by atoms with E-state index in [1.165, 1.54) is 5.56 Å². The molecule has 0 amide bonds. The molecule has 0 saturated carbocycles. The summed E-state index contributed by atoms with van der Waals surface area (Å²) in [5, 5.41) is 0.243. The molecule has 0 aliphatic heterocycles. The zero-order valence-corrected chi connectivity index (χ0v) is 12.9. The van der Waals surface area contributed by atoms with E-state index in [0.29, 0.717) is 6.61 Å². The molecule has 1 aromatic carbocycles. The highest BCUT2D eigenvalue weighted by atomic mass is 28.4. The molecular formula is C14H25NOSi. The van der Waals surface area contributed by atoms with Crippen molar-refractivity contribution in [2.75, 3.05) is 5.73 Å². The lowest BCUT2D eigenvalue weighted by Gasteiger charge is -2.36. The highest BCUT2D eigenvalue weighted by molar-refractivity contribution is 6.74. The van der Waals surface area contributed by atoms with Gasteiger partial charge in [-0.1, -0.05) is 32.9 Å². The minimum absolute atomic E-state index is 0.243. The molecule has 0 aromatic heterocycles. The van der Waals surface area contributed by atoms with Gasteiger partial charge in [-0.3, -0.25) is 0 Å². The van der Waals surface area contributed by atoms with Gasteiger partial charge in [-0.15, -0.1) is 0 Å². The Bertz CT molecular complexity index is 394. The molecule has 2 nitrogen and oxygen atoms in total. The van der Waals surface area contributed by atoms with E-state index < -0.39 is 8.32 Å². The van der Waals surface area contributed by atoms with Crippen molar-refractivity contribution in [3.8, 4) is 0 Å². The van der Waals surface area contributed by atoms with E-state index in [1.807, 2.05) is 6.07 Å². The molecule has 1 rings (SSSR count). The first kappa shape index (κ1) is 14.3. The fourth-order valence-corrected chi connectivity index (χ4v) is 2.27. The Morgan fingerprint density at radius 1 is 1.24 bits per heavy atom. The van der Waals surface area contributed by atoms with Crippen molar-refractivity contribution in [3.63, 3.8) is 0 Å². The van der Waals surface area contributed by atoms with Crippen LogP contribution >= 0.6 is 0 Å². The van der Waals surface area contributed by atoms with Crippen molar-refractivity contribution in [1.29, 1.82) is 0 Å². The van der Waals surface area contributed by atoms with Gasteiger partial charge in [-0.05, 0) is 42.2 Å². The maximum atomic E-state index is 6.16. The maximum absolute atomic E-state index is 6.16. The van der Waals surface area contributed by atoms with Crippen molar-refractivity contribution < 1.29 is 4.43 Å². The molecule has 0 unspecified atom stereocenters. The highest BCUT2D eigenvalue weighted by Crippen LogP contribution is 2.37. The van der Waals surface area contributed by atoms with Gasteiger partial charge in [0.05, 0.1) is 6.61 Å². The summed E-state index contributed by atoms with van der Waals surface area (Å²) in [6.45, 7) is 13.9. The van der Waals surface area contributed by atoms with Crippen LogP contribution in [0.5, 0.6) is 0 Å². The molecule has 0 aliphatic carbocycles. The fourth-order valence-electron chi connectivity index (χ4n) is 1.32. The SMILES string of the molecule is Cc1ccc(CO[Si](C)(C)C(C)(C)C)c(N)c1. The lowest BCUT2D eigenvalue weighted by molar-refractivity contribution is 0.277. The number of nitrogens with two attached hydrogens (primary N) is 1. The van der Waals surface area contributed by atoms with Gasteiger partial charge >= 0.3 is 0 Å². The predicted octanol–water partition coefficient (Wildman–Crippen LogP) is 4.10. The van der Waals surface area contributed by atoms with Crippen LogP contribution in [0, 0.1) is 6.92 Å². The first-order valence-corrected chi connectivity index (χ1v) is 9.03. The van der Waals surface area contributed by atoms with Gasteiger partial charge < -0.3 is 10.2 Å². The van der Waals surface area contributed by atoms with Crippen LogP contribution in [-0.4, -0.2) is 8.32 Å². The summed E-state index contributed by atoms with van der Waals surface area (Å²) >= 11 is 0. The zero-order valence-electron chi connectivity index (χ0n) is 11.9. The topological polar surface area (TPSA) is 35.2 Å². The van der Waals surface area contributed by atoms with Gasteiger partial charge in [0.2, 0.25) is 0 Å². The average molecular weight is 251 g/mol. The van der Waals surface area contributed by atoms with Crippen molar-refractivity contribution in [3.05, 3.63) is 29.3 Å². The van der Waals surface area contributed by atoms with Crippen molar-refractivity contribution in [2.24, 2.45) is 0 Å². The molecule has 0 aliphatic rings. The molecule has 96 valence electrons. The van der Waals surface area contributed by atoms with E-state index in [0.717, 1.165) is 11.3 Å². The first-order chi connectivity index (χ1) is 7.63. The summed E-state index contributed by atoms with van der Waals surface area (Å²) in [6.07, 6.45) is 0. The monoisotopic (exact) mass is 251 g/mol. The minimum Gasteiger partial charge on any atom is -0.412 e. The van der Waals surface area contributed by atoms with Gasteiger partial charge in [0.15, 0.2) is 8.32 Å². The summed E-state index contributed by atoms with van der Waals surface area (Å²) in [7, 11) is -1.68. The maximum Gasteiger partial charge on any atom is 0.192 e. The number of benzene rings is 1. The molecule has 0 fully saturated rings. The number of nitrogen functional groups attached to an aromatic ring is 1. The average Bonchev–Trinajstić information content (AvgIpc) is 2.14. The van der Waals surface area contributed by atoms with Gasteiger partial charge in [0.1, 0.15) is 0 Å². The normalized spacial score (nSPS) is 12.8. The summed E-state index contributed by atoms with van der Waals surface area (Å²) in [5.74, 6) is 0. The largest absolute Gasteiger partial charge is 0.412 e. The Morgan fingerprint density at radius 3 is 2.29 bits per heavy atom. The molecular weight excluding hydrogens is 226 g/mol. The minimum atomic E-state index is -1.68. The van der Waals surface area contributed by atoms with Gasteiger partial charge in [-0.25, -0.2) is 0 Å². The highest BCUT2D eigenvalue weighted by Gasteiger charge is 2.37. The van der Waals surface area contributed by atoms with E-state index in [1.54, 1.807) is 0 Å². The van der Waals surface area contributed by atoms with Crippen LogP contribution in [0.2, 0.25) is 18.1 Å². The van der Waals surface area contributed by atoms with Crippen LogP contribution in [0.25, 0.3) is 0 Å². The van der Waals surface area contributed by atoms with Gasteiger partial charge in [0.25, 0.3) is 0 Å². The van der Waals surface area contributed by atoms with Crippen LogP contribution < -0.4 is 5.73 Å². The van der Waals surface area contributed by atoms with Crippen LogP contribution in [0.4, 0.5) is 5.69 Å². The van der Waals surface area contributed by atoms with Gasteiger partial charge in [0, 0.05) is 5.69 Å². The molecule has 2 N–H and O–H groups in total. The van der Waals surface area contributed by atoms with Crippen LogP contribution in [0.15, 0.2) is 18.2 Å². The lowest BCUT2D eigenvalue weighted by Crippen LogP contribution is -2.40. The molecule has 1 aromatic rings. The number of hydrogen-bond acceptors (Lipinski definition) is 2. The molecule has 0 heterocycles. The van der Waals surface area contributed by atoms with E-state index in [4.69, 9.17) is 10.2 Å². The second-order valence-electron chi connectivity index (χ2n) is 6.25. The van der Waals surface area contributed by atoms with Crippen molar-refractivity contribution in [2.45, 2.75) is 52.4 Å². The molecule has 0 radical (unpaired) electrons. The molecule has 0 bridgehead atoms. The van der Waals surface area contributed by atoms with Crippen molar-refractivity contribution >= 4 is 14.0 Å². The Labute approximate surface area is 106 Å². The fraction of sp³-hybridized carbons (Fsp3) is 0.571.